The summed E-state index contributed by atoms with van der Waals surface area (Å²) in [6.07, 6.45) is 2.54. The molecule has 18 heavy (non-hydrogen) atoms. The largest absolute Gasteiger partial charge is 0.481 e. The van der Waals surface area contributed by atoms with Crippen molar-refractivity contribution < 1.29 is 13.2 Å². The van der Waals surface area contributed by atoms with E-state index in [1.54, 1.807) is 0 Å². The Bertz CT molecular complexity index is 562. The van der Waals surface area contributed by atoms with Gasteiger partial charge in [0, 0.05) is 12.6 Å². The maximum absolute atomic E-state index is 12.3. The molecule has 1 aromatic rings. The van der Waals surface area contributed by atoms with E-state index in [1.807, 2.05) is 6.07 Å². The van der Waals surface area contributed by atoms with Gasteiger partial charge in [0.05, 0.1) is 19.4 Å². The number of methoxy groups -OCH3 is 1. The third-order valence-corrected chi connectivity index (χ3v) is 4.77. The van der Waals surface area contributed by atoms with Gasteiger partial charge in [0.25, 0.3) is 0 Å². The van der Waals surface area contributed by atoms with Crippen LogP contribution in [0.1, 0.15) is 12.8 Å². The van der Waals surface area contributed by atoms with Gasteiger partial charge in [0.1, 0.15) is 10.9 Å². The van der Waals surface area contributed by atoms with E-state index >= 15 is 0 Å². The molecule has 0 saturated carbocycles. The quantitative estimate of drug-likeness (QED) is 0.807. The fourth-order valence-electron chi connectivity index (χ4n) is 1.93. The minimum absolute atomic E-state index is 0.0884. The number of aromatic nitrogens is 1. The van der Waals surface area contributed by atoms with E-state index in [1.165, 1.54) is 29.7 Å². The van der Waals surface area contributed by atoms with Crippen molar-refractivity contribution in [2.45, 2.75) is 23.8 Å². The highest BCUT2D eigenvalue weighted by molar-refractivity contribution is 7.89. The molecule has 1 aliphatic rings. The lowest BCUT2D eigenvalue weighted by atomic mass is 10.2. The Morgan fingerprint density at radius 1 is 1.56 bits per heavy atom. The number of sulfonamides is 1. The van der Waals surface area contributed by atoms with Crippen LogP contribution in [0.15, 0.2) is 23.2 Å². The molecule has 7 heteroatoms. The Labute approximate surface area is 106 Å². The number of ether oxygens (including phenoxy) is 1. The van der Waals surface area contributed by atoms with Crippen LogP contribution in [-0.2, 0) is 10.0 Å². The number of hydrogen-bond acceptors (Lipinski definition) is 5. The van der Waals surface area contributed by atoms with Gasteiger partial charge in [-0.25, -0.2) is 13.4 Å². The summed E-state index contributed by atoms with van der Waals surface area (Å²) < 4.78 is 30.7. The van der Waals surface area contributed by atoms with E-state index in [0.29, 0.717) is 25.3 Å². The summed E-state index contributed by atoms with van der Waals surface area (Å²) in [7, 11) is -2.17. The first-order valence-corrected chi connectivity index (χ1v) is 6.95. The predicted octanol–water partition coefficient (Wildman–Crippen LogP) is 0.767. The average Bonchev–Trinajstić information content (AvgIpc) is 2.88. The van der Waals surface area contributed by atoms with Crippen molar-refractivity contribution in [1.82, 2.24) is 9.29 Å². The minimum Gasteiger partial charge on any atom is -0.481 e. The molecule has 6 nitrogen and oxygen atoms in total. The van der Waals surface area contributed by atoms with Crippen LogP contribution < -0.4 is 4.74 Å². The van der Waals surface area contributed by atoms with Crippen LogP contribution in [0, 0.1) is 11.3 Å². The summed E-state index contributed by atoms with van der Waals surface area (Å²) in [5.74, 6) is 0.354. The molecule has 0 N–H and O–H groups in total. The van der Waals surface area contributed by atoms with Crippen LogP contribution in [0.2, 0.25) is 0 Å². The van der Waals surface area contributed by atoms with Crippen LogP contribution in [0.3, 0.4) is 0 Å². The molecule has 0 amide bonds. The van der Waals surface area contributed by atoms with Crippen molar-refractivity contribution in [1.29, 1.82) is 5.26 Å². The zero-order valence-corrected chi connectivity index (χ0v) is 10.7. The lowest BCUT2D eigenvalue weighted by Crippen LogP contribution is -2.34. The van der Waals surface area contributed by atoms with Gasteiger partial charge in [-0.05, 0) is 18.9 Å². The molecule has 0 radical (unpaired) electrons. The third-order valence-electron chi connectivity index (χ3n) is 2.88. The first kappa shape index (κ1) is 12.8. The molecular weight excluding hydrogens is 254 g/mol. The molecule has 1 aliphatic heterocycles. The van der Waals surface area contributed by atoms with Crippen molar-refractivity contribution in [2.75, 3.05) is 13.7 Å². The summed E-state index contributed by atoms with van der Waals surface area (Å²) in [5.41, 5.74) is 0. The molecule has 0 aliphatic carbocycles. The molecule has 2 rings (SSSR count). The summed E-state index contributed by atoms with van der Waals surface area (Å²) in [5, 5.41) is 8.94. The van der Waals surface area contributed by atoms with Crippen molar-refractivity contribution in [2.24, 2.45) is 0 Å². The molecule has 1 aromatic heterocycles. The van der Waals surface area contributed by atoms with Crippen LogP contribution in [0.5, 0.6) is 5.88 Å². The van der Waals surface area contributed by atoms with Gasteiger partial charge >= 0.3 is 0 Å². The standard InChI is InChI=1S/C11H13N3O3S/c1-17-11-5-4-10(8-13-11)18(15,16)14-6-2-3-9(14)7-12/h4-5,8-9H,2-3,6H2,1H3/t9-/m0/s1. The monoisotopic (exact) mass is 267 g/mol. The number of pyridine rings is 1. The van der Waals surface area contributed by atoms with Crippen LogP contribution in [-0.4, -0.2) is 37.4 Å². The Kier molecular flexibility index (Phi) is 3.50. The minimum atomic E-state index is -3.63. The topological polar surface area (TPSA) is 83.3 Å². The Hall–Kier alpha value is -1.65. The van der Waals surface area contributed by atoms with Gasteiger partial charge in [-0.3, -0.25) is 0 Å². The maximum atomic E-state index is 12.3. The second-order valence-electron chi connectivity index (χ2n) is 3.94. The molecule has 0 bridgehead atoms. The summed E-state index contributed by atoms with van der Waals surface area (Å²) in [6.45, 7) is 0.382. The third kappa shape index (κ3) is 2.17. The second kappa shape index (κ2) is 4.92. The van der Waals surface area contributed by atoms with Crippen LogP contribution in [0.25, 0.3) is 0 Å². The van der Waals surface area contributed by atoms with Gasteiger partial charge in [-0.1, -0.05) is 0 Å². The second-order valence-corrected chi connectivity index (χ2v) is 5.83. The number of nitriles is 1. The van der Waals surface area contributed by atoms with Gasteiger partial charge in [0.2, 0.25) is 15.9 Å². The lowest BCUT2D eigenvalue weighted by Gasteiger charge is -2.18. The summed E-state index contributed by atoms with van der Waals surface area (Å²) in [6, 6.07) is 4.37. The van der Waals surface area contributed by atoms with E-state index in [0.717, 1.165) is 0 Å². The fourth-order valence-corrected chi connectivity index (χ4v) is 3.49. The molecule has 96 valence electrons. The molecule has 1 saturated heterocycles. The highest BCUT2D eigenvalue weighted by Gasteiger charge is 2.35. The first-order chi connectivity index (χ1) is 8.59. The van der Waals surface area contributed by atoms with E-state index in [4.69, 9.17) is 10.00 Å². The molecule has 0 aromatic carbocycles. The Balaban J connectivity index is 2.33. The average molecular weight is 267 g/mol. The smallest absolute Gasteiger partial charge is 0.245 e. The molecule has 2 heterocycles. The van der Waals surface area contributed by atoms with Crippen LogP contribution in [0.4, 0.5) is 0 Å². The van der Waals surface area contributed by atoms with E-state index in [-0.39, 0.29) is 4.90 Å². The number of rotatable bonds is 3. The summed E-state index contributed by atoms with van der Waals surface area (Å²) in [4.78, 5) is 3.96. The van der Waals surface area contributed by atoms with E-state index in [2.05, 4.69) is 4.98 Å². The Morgan fingerprint density at radius 3 is 2.89 bits per heavy atom. The predicted molar refractivity (Wildman–Crippen MR) is 63.3 cm³/mol. The first-order valence-electron chi connectivity index (χ1n) is 5.51. The van der Waals surface area contributed by atoms with Crippen molar-refractivity contribution in [3.63, 3.8) is 0 Å². The van der Waals surface area contributed by atoms with Gasteiger partial charge in [-0.15, -0.1) is 0 Å². The highest BCUT2D eigenvalue weighted by atomic mass is 32.2. The lowest BCUT2D eigenvalue weighted by molar-refractivity contribution is 0.396. The van der Waals surface area contributed by atoms with Crippen LogP contribution >= 0.6 is 0 Å². The fraction of sp³-hybridized carbons (Fsp3) is 0.455. The normalized spacial score (nSPS) is 20.6. The SMILES string of the molecule is COc1ccc(S(=O)(=O)N2CCC[C@H]2C#N)cn1. The molecular formula is C11H13N3O3S. The van der Waals surface area contributed by atoms with E-state index in [9.17, 15) is 8.42 Å². The van der Waals surface area contributed by atoms with Crippen molar-refractivity contribution in [3.05, 3.63) is 18.3 Å². The van der Waals surface area contributed by atoms with Crippen molar-refractivity contribution in [3.8, 4) is 11.9 Å². The zero-order chi connectivity index (χ0) is 13.2. The Morgan fingerprint density at radius 2 is 2.33 bits per heavy atom. The van der Waals surface area contributed by atoms with Gasteiger partial charge in [0.15, 0.2) is 0 Å². The van der Waals surface area contributed by atoms with Gasteiger partial charge < -0.3 is 4.74 Å². The number of hydrogen-bond donors (Lipinski definition) is 0. The van der Waals surface area contributed by atoms with Crippen molar-refractivity contribution >= 4 is 10.0 Å². The maximum Gasteiger partial charge on any atom is 0.245 e. The summed E-state index contributed by atoms with van der Waals surface area (Å²) >= 11 is 0. The zero-order valence-electron chi connectivity index (χ0n) is 9.91. The van der Waals surface area contributed by atoms with Gasteiger partial charge in [-0.2, -0.15) is 9.57 Å². The molecule has 0 spiro atoms. The number of nitrogens with zero attached hydrogens (tertiary/aromatic N) is 3. The molecule has 1 atom stereocenters. The van der Waals surface area contributed by atoms with E-state index < -0.39 is 16.1 Å². The highest BCUT2D eigenvalue weighted by Crippen LogP contribution is 2.25. The molecule has 1 fully saturated rings. The molecule has 0 unspecified atom stereocenters.